The van der Waals surface area contributed by atoms with Gasteiger partial charge in [-0.05, 0) is 42.1 Å². The zero-order valence-corrected chi connectivity index (χ0v) is 21.9. The van der Waals surface area contributed by atoms with Crippen molar-refractivity contribution < 1.29 is 28.5 Å². The van der Waals surface area contributed by atoms with Crippen molar-refractivity contribution in [1.29, 1.82) is 0 Å². The first kappa shape index (κ1) is 26.5. The SMILES string of the molecule is O=C(CN1C(=O)S/C(=C/c2ccc(-c3cc([N+](=O)[O-])ccc3Cl)o2)C1=O)Nc1ccccc1N1CCOCC1. The van der Waals surface area contributed by atoms with Crippen molar-refractivity contribution in [1.82, 2.24) is 4.90 Å². The highest BCUT2D eigenvalue weighted by Gasteiger charge is 2.36. The molecule has 0 unspecified atom stereocenters. The first-order chi connectivity index (χ1) is 18.8. The summed E-state index contributed by atoms with van der Waals surface area (Å²) in [5, 5.41) is 13.6. The number of nitrogens with zero attached hydrogens (tertiary/aromatic N) is 3. The molecule has 200 valence electrons. The van der Waals surface area contributed by atoms with Crippen molar-refractivity contribution in [2.24, 2.45) is 0 Å². The number of nitro benzene ring substituents is 1. The first-order valence-corrected chi connectivity index (χ1v) is 13.0. The second-order valence-electron chi connectivity index (χ2n) is 8.56. The maximum Gasteiger partial charge on any atom is 0.294 e. The second-order valence-corrected chi connectivity index (χ2v) is 9.96. The lowest BCUT2D eigenvalue weighted by atomic mass is 10.1. The molecule has 5 rings (SSSR count). The maximum absolute atomic E-state index is 12.9. The van der Waals surface area contributed by atoms with Gasteiger partial charge in [-0.25, -0.2) is 0 Å². The molecule has 0 bridgehead atoms. The summed E-state index contributed by atoms with van der Waals surface area (Å²) in [6.07, 6.45) is 1.38. The molecule has 0 atom stereocenters. The number of nitro groups is 1. The van der Waals surface area contributed by atoms with Crippen LogP contribution < -0.4 is 10.2 Å². The number of anilines is 2. The van der Waals surface area contributed by atoms with Crippen LogP contribution in [0, 0.1) is 10.1 Å². The normalized spacial score (nSPS) is 16.7. The van der Waals surface area contributed by atoms with E-state index in [0.717, 1.165) is 10.6 Å². The van der Waals surface area contributed by atoms with E-state index < -0.39 is 28.5 Å². The van der Waals surface area contributed by atoms with Crippen LogP contribution in [0.1, 0.15) is 5.76 Å². The zero-order chi connectivity index (χ0) is 27.5. The predicted octanol–water partition coefficient (Wildman–Crippen LogP) is 5.02. The highest BCUT2D eigenvalue weighted by molar-refractivity contribution is 8.18. The third-order valence-corrected chi connectivity index (χ3v) is 7.27. The first-order valence-electron chi connectivity index (χ1n) is 11.8. The third kappa shape index (κ3) is 5.82. The number of benzene rings is 2. The quantitative estimate of drug-likeness (QED) is 0.237. The molecule has 3 aromatic rings. The summed E-state index contributed by atoms with van der Waals surface area (Å²) in [6, 6.07) is 14.4. The summed E-state index contributed by atoms with van der Waals surface area (Å²) in [5.74, 6) is -0.651. The molecular formula is C26H21ClN4O7S. The van der Waals surface area contributed by atoms with Gasteiger partial charge in [-0.1, -0.05) is 23.7 Å². The van der Waals surface area contributed by atoms with Crippen molar-refractivity contribution in [2.45, 2.75) is 0 Å². The Morgan fingerprint density at radius 2 is 1.90 bits per heavy atom. The topological polar surface area (TPSA) is 135 Å². The number of rotatable bonds is 7. The fourth-order valence-corrected chi connectivity index (χ4v) is 5.18. The van der Waals surface area contributed by atoms with E-state index in [1.165, 1.54) is 24.3 Å². The standard InChI is InChI=1S/C26H21ClN4O7S/c27-19-7-5-16(31(35)36)13-18(19)22-8-6-17(38-22)14-23-25(33)30(26(34)39-23)15-24(32)28-20-3-1-2-4-21(20)29-9-11-37-12-10-29/h1-8,13-14H,9-12,15H2,(H,28,32)/b23-14+. The molecule has 2 aliphatic rings. The Labute approximate surface area is 231 Å². The van der Waals surface area contributed by atoms with Crippen molar-refractivity contribution in [3.8, 4) is 11.3 Å². The molecule has 2 fully saturated rings. The van der Waals surface area contributed by atoms with E-state index in [9.17, 15) is 24.5 Å². The number of halogens is 1. The number of nitrogens with one attached hydrogen (secondary N) is 1. The van der Waals surface area contributed by atoms with Crippen LogP contribution in [-0.2, 0) is 14.3 Å². The second kappa shape index (κ2) is 11.3. The van der Waals surface area contributed by atoms with Crippen LogP contribution in [0.15, 0.2) is 63.9 Å². The summed E-state index contributed by atoms with van der Waals surface area (Å²) in [4.78, 5) is 51.9. The Bertz CT molecular complexity index is 1500. The summed E-state index contributed by atoms with van der Waals surface area (Å²) < 4.78 is 11.1. The van der Waals surface area contributed by atoms with Gasteiger partial charge in [0.1, 0.15) is 18.1 Å². The molecule has 0 saturated carbocycles. The fraction of sp³-hybridized carbons (Fsp3) is 0.192. The minimum absolute atomic E-state index is 0.0764. The number of hydrogen-bond donors (Lipinski definition) is 1. The lowest BCUT2D eigenvalue weighted by Gasteiger charge is -2.30. The average Bonchev–Trinajstić information content (AvgIpc) is 3.49. The van der Waals surface area contributed by atoms with E-state index in [1.54, 1.807) is 24.3 Å². The number of ether oxygens (including phenoxy) is 1. The van der Waals surface area contributed by atoms with Crippen molar-refractivity contribution in [2.75, 3.05) is 43.1 Å². The number of morpholine rings is 1. The predicted molar refractivity (Wildman–Crippen MR) is 147 cm³/mol. The van der Waals surface area contributed by atoms with Gasteiger partial charge in [0.2, 0.25) is 5.91 Å². The molecule has 11 nitrogen and oxygen atoms in total. The Kier molecular flexibility index (Phi) is 7.68. The maximum atomic E-state index is 12.9. The molecule has 1 aromatic heterocycles. The van der Waals surface area contributed by atoms with E-state index in [-0.39, 0.29) is 27.1 Å². The van der Waals surface area contributed by atoms with E-state index in [1.807, 2.05) is 12.1 Å². The fourth-order valence-electron chi connectivity index (χ4n) is 4.15. The van der Waals surface area contributed by atoms with Gasteiger partial charge >= 0.3 is 0 Å². The molecule has 2 saturated heterocycles. The van der Waals surface area contributed by atoms with E-state index in [0.29, 0.717) is 49.3 Å². The molecule has 3 amide bonds. The number of carbonyl (C=O) groups excluding carboxylic acids is 3. The number of carbonyl (C=O) groups is 3. The molecule has 39 heavy (non-hydrogen) atoms. The molecule has 13 heteroatoms. The van der Waals surface area contributed by atoms with Gasteiger partial charge < -0.3 is 19.4 Å². The monoisotopic (exact) mass is 568 g/mol. The van der Waals surface area contributed by atoms with E-state index in [4.69, 9.17) is 20.8 Å². The Balaban J connectivity index is 1.28. The number of hydrogen-bond acceptors (Lipinski definition) is 9. The van der Waals surface area contributed by atoms with Crippen LogP contribution in [0.3, 0.4) is 0 Å². The highest BCUT2D eigenvalue weighted by atomic mass is 35.5. The van der Waals surface area contributed by atoms with Gasteiger partial charge in [0.25, 0.3) is 16.8 Å². The molecule has 1 N–H and O–H groups in total. The smallest absolute Gasteiger partial charge is 0.294 e. The van der Waals surface area contributed by atoms with Crippen LogP contribution in [-0.4, -0.2) is 59.7 Å². The number of para-hydroxylation sites is 2. The van der Waals surface area contributed by atoms with E-state index >= 15 is 0 Å². The third-order valence-electron chi connectivity index (χ3n) is 6.03. The number of imide groups is 1. The van der Waals surface area contributed by atoms with Gasteiger partial charge in [-0.2, -0.15) is 0 Å². The molecule has 0 spiro atoms. The molecule has 2 aromatic carbocycles. The van der Waals surface area contributed by atoms with Gasteiger partial charge in [0, 0.05) is 36.9 Å². The molecule has 0 radical (unpaired) electrons. The summed E-state index contributed by atoms with van der Waals surface area (Å²) >= 11 is 6.87. The highest BCUT2D eigenvalue weighted by Crippen LogP contribution is 2.36. The molecule has 3 heterocycles. The Morgan fingerprint density at radius 1 is 1.13 bits per heavy atom. The largest absolute Gasteiger partial charge is 0.457 e. The lowest BCUT2D eigenvalue weighted by molar-refractivity contribution is -0.384. The lowest BCUT2D eigenvalue weighted by Crippen LogP contribution is -2.38. The molecule has 0 aliphatic carbocycles. The number of furan rings is 1. The minimum Gasteiger partial charge on any atom is -0.457 e. The van der Waals surface area contributed by atoms with Gasteiger partial charge in [-0.15, -0.1) is 0 Å². The average molecular weight is 569 g/mol. The Hall–Kier alpha value is -4.13. The van der Waals surface area contributed by atoms with Gasteiger partial charge in [0.15, 0.2) is 0 Å². The molecular weight excluding hydrogens is 548 g/mol. The van der Waals surface area contributed by atoms with Gasteiger partial charge in [-0.3, -0.25) is 29.4 Å². The van der Waals surface area contributed by atoms with Crippen molar-refractivity contribution >= 4 is 63.6 Å². The zero-order valence-electron chi connectivity index (χ0n) is 20.3. The van der Waals surface area contributed by atoms with Gasteiger partial charge in [0.05, 0.1) is 39.4 Å². The van der Waals surface area contributed by atoms with Crippen LogP contribution in [0.4, 0.5) is 21.9 Å². The summed E-state index contributed by atoms with van der Waals surface area (Å²) in [5.41, 5.74) is 1.57. The number of amides is 3. The van der Waals surface area contributed by atoms with Crippen molar-refractivity contribution in [3.63, 3.8) is 0 Å². The van der Waals surface area contributed by atoms with E-state index in [2.05, 4.69) is 10.2 Å². The van der Waals surface area contributed by atoms with Crippen molar-refractivity contribution in [3.05, 3.63) is 80.4 Å². The molecule has 2 aliphatic heterocycles. The Morgan fingerprint density at radius 3 is 2.67 bits per heavy atom. The van der Waals surface area contributed by atoms with Crippen LogP contribution in [0.2, 0.25) is 5.02 Å². The van der Waals surface area contributed by atoms with Crippen LogP contribution >= 0.6 is 23.4 Å². The van der Waals surface area contributed by atoms with Crippen LogP contribution in [0.5, 0.6) is 0 Å². The number of thioether (sulfide) groups is 1. The van der Waals surface area contributed by atoms with Crippen LogP contribution in [0.25, 0.3) is 17.4 Å². The summed E-state index contributed by atoms with van der Waals surface area (Å²) in [6.45, 7) is 2.08. The minimum atomic E-state index is -0.632. The summed E-state index contributed by atoms with van der Waals surface area (Å²) in [7, 11) is 0. The number of non-ortho nitro benzene ring substituents is 1.